The van der Waals surface area contributed by atoms with Gasteiger partial charge in [0.2, 0.25) is 0 Å². The molecule has 0 radical (unpaired) electrons. The molecule has 1 aliphatic heterocycles. The van der Waals surface area contributed by atoms with E-state index in [2.05, 4.69) is 81.5 Å². The minimum absolute atomic E-state index is 0.188. The molecule has 2 aromatic carbocycles. The summed E-state index contributed by atoms with van der Waals surface area (Å²) >= 11 is 0.214. The Balaban J connectivity index is 1.20. The minimum Gasteiger partial charge on any atom is -0.235 e. The van der Waals surface area contributed by atoms with Gasteiger partial charge in [-0.1, -0.05) is 18.1 Å². The molecular weight excluding hydrogens is 711 g/mol. The number of terminal acetylenes is 1. The maximum atomic E-state index is 12.3. The first-order chi connectivity index (χ1) is 23.5. The molecule has 0 bridgehead atoms. The summed E-state index contributed by atoms with van der Waals surface area (Å²) in [5, 5.41) is 11.7. The number of carbonyl (C=O) groups excluding carboxylic acids is 1. The fourth-order valence-corrected chi connectivity index (χ4v) is 9.14. The van der Waals surface area contributed by atoms with Crippen molar-refractivity contribution in [1.29, 1.82) is 0 Å². The van der Waals surface area contributed by atoms with Crippen LogP contribution in [0.15, 0.2) is 73.1 Å². The molecule has 0 aliphatic carbocycles. The zero-order chi connectivity index (χ0) is 33.7. The molecule has 0 spiro atoms. The van der Waals surface area contributed by atoms with Crippen LogP contribution in [0.2, 0.25) is 0 Å². The third-order valence-electron chi connectivity index (χ3n) is 8.94. The second-order valence-corrected chi connectivity index (χ2v) is 16.1. The van der Waals surface area contributed by atoms with Gasteiger partial charge in [0, 0.05) is 23.5 Å². The first-order valence-corrected chi connectivity index (χ1v) is 19.7. The molecule has 1 saturated heterocycles. The largest absolute Gasteiger partial charge is 0.235 e. The van der Waals surface area contributed by atoms with Gasteiger partial charge >= 0.3 is 159 Å². The van der Waals surface area contributed by atoms with E-state index in [0.29, 0.717) is 46.2 Å². The van der Waals surface area contributed by atoms with Crippen LogP contribution in [-0.2, 0) is 11.2 Å². The van der Waals surface area contributed by atoms with Crippen LogP contribution in [0.4, 0.5) is 0 Å². The number of hydrogen-bond acceptors (Lipinski definition) is 7. The molecule has 3 heterocycles. The Kier molecular flexibility index (Phi) is 13.5. The van der Waals surface area contributed by atoms with Crippen LogP contribution in [0.1, 0.15) is 76.4 Å². The van der Waals surface area contributed by atoms with E-state index in [1.54, 1.807) is 30.6 Å². The number of likely N-dealkylation sites (N-methyl/N-ethyl adjacent to an activating group) is 1. The number of unbranched alkanes of at least 4 members (excludes halogenated alkanes) is 1. The zero-order valence-corrected chi connectivity index (χ0v) is 30.4. The number of carbonyl (C=O) groups is 1. The van der Waals surface area contributed by atoms with Crippen molar-refractivity contribution in [2.24, 2.45) is 0 Å². The molecule has 0 saturated carbocycles. The first kappa shape index (κ1) is 35.6. The van der Waals surface area contributed by atoms with E-state index < -0.39 is 0 Å². The zero-order valence-electron chi connectivity index (χ0n) is 28.2. The van der Waals surface area contributed by atoms with Gasteiger partial charge in [-0.3, -0.25) is 4.79 Å². The van der Waals surface area contributed by atoms with Gasteiger partial charge in [-0.05, 0) is 29.8 Å². The number of halogens is 1. The molecule has 5 rings (SSSR count). The molecule has 9 heteroatoms. The van der Waals surface area contributed by atoms with Crippen LogP contribution in [0.25, 0.3) is 22.8 Å². The number of aromatic nitrogens is 4. The van der Waals surface area contributed by atoms with Gasteiger partial charge in [0.05, 0.1) is 12.2 Å². The van der Waals surface area contributed by atoms with Crippen molar-refractivity contribution in [3.63, 3.8) is 0 Å². The average molecular weight is 758 g/mol. The predicted octanol–water partition coefficient (Wildman–Crippen LogP) is 3.35. The van der Waals surface area contributed by atoms with Crippen molar-refractivity contribution in [2.75, 3.05) is 37.8 Å². The molecule has 1 N–H and O–H groups in total. The van der Waals surface area contributed by atoms with Crippen molar-refractivity contribution in [1.82, 2.24) is 30.4 Å². The summed E-state index contributed by atoms with van der Waals surface area (Å²) in [4.78, 5) is 23.6. The Bertz CT molecular complexity index is 1640. The van der Waals surface area contributed by atoms with Gasteiger partial charge in [-0.25, -0.2) is 9.97 Å². The third kappa shape index (κ3) is 9.46. The Morgan fingerprint density at radius 1 is 1.10 bits per heavy atom. The number of likely N-dealkylation sites (tertiary alicyclic amines) is 1. The predicted molar refractivity (Wildman–Crippen MR) is 187 cm³/mol. The van der Waals surface area contributed by atoms with E-state index in [1.807, 2.05) is 18.2 Å². The Morgan fingerprint density at radius 2 is 1.88 bits per heavy atom. The smallest absolute Gasteiger partial charge is 0.180 e. The number of hydrogen-bond donors (Lipinski definition) is 1. The van der Waals surface area contributed by atoms with Gasteiger partial charge < -0.3 is 5.32 Å². The number of alkyl halides is 2. The minimum atomic E-state index is -0.209. The van der Waals surface area contributed by atoms with Gasteiger partial charge in [0.15, 0.2) is 5.82 Å². The fourth-order valence-electron chi connectivity index (χ4n) is 6.08. The van der Waals surface area contributed by atoms with Crippen molar-refractivity contribution in [3.05, 3.63) is 95.3 Å². The molecule has 1 fully saturated rings. The van der Waals surface area contributed by atoms with Crippen LogP contribution in [0.5, 0.6) is 0 Å². The molecule has 252 valence electrons. The van der Waals surface area contributed by atoms with E-state index in [-0.39, 0.29) is 33.7 Å². The van der Waals surface area contributed by atoms with Gasteiger partial charge in [0.25, 0.3) is 5.91 Å². The normalized spacial score (nSPS) is 16.9. The van der Waals surface area contributed by atoms with Crippen molar-refractivity contribution in [3.8, 4) is 35.1 Å². The number of rotatable bonds is 16. The second-order valence-electron chi connectivity index (χ2n) is 12.2. The molecule has 8 nitrogen and oxygen atoms in total. The average Bonchev–Trinajstić information content (AvgIpc) is 3.50. The van der Waals surface area contributed by atoms with E-state index in [0.717, 1.165) is 42.6 Å². The van der Waals surface area contributed by atoms with Crippen molar-refractivity contribution in [2.45, 2.75) is 61.8 Å². The van der Waals surface area contributed by atoms with Crippen LogP contribution in [0, 0.1) is 12.3 Å². The van der Waals surface area contributed by atoms with Gasteiger partial charge in [0.1, 0.15) is 5.69 Å². The number of nitrogens with zero attached hydrogens (tertiary/aromatic N) is 5. The quantitative estimate of drug-likeness (QED) is 0.0812. The van der Waals surface area contributed by atoms with Crippen LogP contribution < -0.4 is 26.5 Å². The van der Waals surface area contributed by atoms with Gasteiger partial charge in [-0.15, -0.1) is 16.6 Å². The summed E-state index contributed by atoms with van der Waals surface area (Å²) in [7, 11) is 2.22. The van der Waals surface area contributed by atoms with Crippen molar-refractivity contribution < 1.29 is 30.7 Å². The maximum absolute atomic E-state index is 12.3. The third-order valence-corrected chi connectivity index (χ3v) is 12.4. The molecule has 3 atom stereocenters. The molecule has 2 aromatic heterocycles. The molecule has 1 aliphatic rings. The molecule has 48 heavy (non-hydrogen) atoms. The summed E-state index contributed by atoms with van der Waals surface area (Å²) in [6.45, 7) is 7.30. The van der Waals surface area contributed by atoms with E-state index >= 15 is 0 Å². The maximum Gasteiger partial charge on any atom is 0.180 e. The molecular formula is C39H46IN6O2-. The summed E-state index contributed by atoms with van der Waals surface area (Å²) in [5.74, 6) is 3.24. The van der Waals surface area contributed by atoms with E-state index in [9.17, 15) is 4.79 Å². The molecule has 1 unspecified atom stereocenters. The second kappa shape index (κ2) is 18.2. The fraction of sp³-hybridized carbons (Fsp3) is 0.410. The molecule has 4 aromatic rings. The van der Waals surface area contributed by atoms with Crippen molar-refractivity contribution >= 4 is 5.91 Å². The van der Waals surface area contributed by atoms with E-state index in [4.69, 9.17) is 11.2 Å². The summed E-state index contributed by atoms with van der Waals surface area (Å²) in [6, 6.07) is 21.0. The Labute approximate surface area is 295 Å². The Hall–Kier alpha value is -3.72. The number of nitrogens with one attached hydrogen (secondary N) is 1. The SMILES string of the molecule is C#CCNC(=O)c1ccc(-c2cc(CCCOC[C@@H]3[C@@H](c4ccc(C(C)[I-]CCCC)cc4)CCN3C)c(-c3ncccn3)nn2)cc1. The van der Waals surface area contributed by atoms with Crippen LogP contribution >= 0.6 is 0 Å². The summed E-state index contributed by atoms with van der Waals surface area (Å²) < 4.78 is 8.48. The summed E-state index contributed by atoms with van der Waals surface area (Å²) in [6.07, 6.45) is 14.1. The number of amides is 1. The first-order valence-electron chi connectivity index (χ1n) is 16.9. The Morgan fingerprint density at radius 3 is 2.60 bits per heavy atom. The van der Waals surface area contributed by atoms with Crippen LogP contribution in [-0.4, -0.2) is 74.8 Å². The monoisotopic (exact) mass is 757 g/mol. The number of aryl methyl sites for hydroxylation is 1. The van der Waals surface area contributed by atoms with E-state index in [1.165, 1.54) is 28.4 Å². The number of ether oxygens (including phenoxy) is 1. The summed E-state index contributed by atoms with van der Waals surface area (Å²) in [5.41, 5.74) is 6.73. The number of benzene rings is 2. The standard InChI is InChI=1S/C39H46IN6O2/c1-5-7-20-40-28(3)29-11-13-30(14-12-29)34-19-24-46(4)36(34)27-48-25-8-10-33-26-35(44-45-37(33)38-41-22-9-23-42-38)31-15-17-32(18-16-31)39(47)43-21-6-2/h2,9,11-18,22-23,26,28,34,36H,5,7-8,10,19-21,24-25,27H2,1,3-4H3,(H,43,47)/q-1/t28?,34-,36-/m1/s1. The van der Waals surface area contributed by atoms with Gasteiger partial charge in [-0.2, -0.15) is 0 Å². The molecule has 1 amide bonds. The van der Waals surface area contributed by atoms with Crippen LogP contribution in [0.3, 0.4) is 0 Å². The topological polar surface area (TPSA) is 93.1 Å².